The van der Waals surface area contributed by atoms with Gasteiger partial charge in [0, 0.05) is 52.2 Å². The average Bonchev–Trinajstić information content (AvgIpc) is 2.86. The van der Waals surface area contributed by atoms with E-state index in [0.717, 1.165) is 0 Å². The van der Waals surface area contributed by atoms with Crippen molar-refractivity contribution in [1.29, 1.82) is 0 Å². The summed E-state index contributed by atoms with van der Waals surface area (Å²) in [7, 11) is 2.57. The van der Waals surface area contributed by atoms with Crippen LogP contribution in [0.4, 0.5) is 0 Å². The molecule has 0 aliphatic carbocycles. The molecule has 1 aromatic heterocycles. The fourth-order valence-electron chi connectivity index (χ4n) is 1.03. The first-order chi connectivity index (χ1) is 8.17. The zero-order valence-electron chi connectivity index (χ0n) is 10.7. The van der Waals surface area contributed by atoms with E-state index in [9.17, 15) is 9.59 Å². The Morgan fingerprint density at radius 1 is 1.42 bits per heavy atom. The van der Waals surface area contributed by atoms with Crippen LogP contribution in [0.15, 0.2) is 4.34 Å². The van der Waals surface area contributed by atoms with Crippen LogP contribution in [0, 0.1) is 59.2 Å². The Morgan fingerprint density at radius 2 is 2.11 bits per heavy atom. The Morgan fingerprint density at radius 3 is 2.58 bits per heavy atom. The molecule has 9 heteroatoms. The van der Waals surface area contributed by atoms with Crippen LogP contribution in [0.5, 0.6) is 0 Å². The summed E-state index contributed by atoms with van der Waals surface area (Å²) in [6.07, 6.45) is -0.00130. The van der Waals surface area contributed by atoms with Gasteiger partial charge in [-0.1, -0.05) is 5.51 Å². The number of esters is 2. The van der Waals surface area contributed by atoms with Crippen molar-refractivity contribution in [3.05, 3.63) is 12.9 Å². The number of hydrogen-bond acceptors (Lipinski definition) is 8. The fraction of sp³-hybridized carbons (Fsp3) is 0.500. The summed E-state index contributed by atoms with van der Waals surface area (Å²) in [5.41, 5.74) is 2.60. The minimum atomic E-state index is -0.540. The molecule has 0 fully saturated rings. The van der Waals surface area contributed by atoms with Crippen molar-refractivity contribution in [2.45, 2.75) is 10.8 Å². The second-order valence-corrected chi connectivity index (χ2v) is 5.01. The van der Waals surface area contributed by atoms with Gasteiger partial charge in [-0.15, -0.1) is 0 Å². The molecular formula is C10H14N2O4S2Sm. The van der Waals surface area contributed by atoms with Gasteiger partial charge < -0.3 is 20.8 Å². The molecule has 0 saturated heterocycles. The topological polar surface area (TPSA) is 78.4 Å². The Kier molecular flexibility index (Phi) is 13.3. The molecule has 1 aromatic rings. The van der Waals surface area contributed by atoms with E-state index < -0.39 is 17.9 Å². The first-order valence-corrected chi connectivity index (χ1v) is 6.44. The third-order valence-electron chi connectivity index (χ3n) is 1.89. The number of rotatable bonds is 6. The molecule has 0 spiro atoms. The summed E-state index contributed by atoms with van der Waals surface area (Å²) in [6, 6.07) is 0. The molecule has 1 atom stereocenters. The van der Waals surface area contributed by atoms with Crippen molar-refractivity contribution in [3.63, 3.8) is 0 Å². The van der Waals surface area contributed by atoms with Crippen LogP contribution >= 0.6 is 23.1 Å². The van der Waals surface area contributed by atoms with Gasteiger partial charge >= 0.3 is 11.9 Å². The number of ether oxygens (including phenoxy) is 2. The molecule has 0 aromatic carbocycles. The number of nitrogens with zero attached hydrogens (tertiary/aromatic N) is 2. The molecule has 0 radical (unpaired) electrons. The van der Waals surface area contributed by atoms with Gasteiger partial charge in [-0.25, -0.2) is 0 Å². The molecule has 106 valence electrons. The monoisotopic (exact) mass is 442 g/mol. The van der Waals surface area contributed by atoms with Gasteiger partial charge in [-0.05, 0) is 5.75 Å². The molecule has 19 heavy (non-hydrogen) atoms. The predicted molar refractivity (Wildman–Crippen MR) is 68.0 cm³/mol. The predicted octanol–water partition coefficient (Wildman–Crippen LogP) is 1.23. The quantitative estimate of drug-likeness (QED) is 0.374. The van der Waals surface area contributed by atoms with E-state index in [2.05, 4.69) is 25.2 Å². The van der Waals surface area contributed by atoms with Crippen molar-refractivity contribution < 1.29 is 59.5 Å². The van der Waals surface area contributed by atoms with Crippen LogP contribution in [0.3, 0.4) is 0 Å². The van der Waals surface area contributed by atoms with Crippen LogP contribution in [0.2, 0.25) is 0 Å². The molecule has 6 nitrogen and oxygen atoms in total. The van der Waals surface area contributed by atoms with Crippen LogP contribution in [0.1, 0.15) is 6.42 Å². The summed E-state index contributed by atoms with van der Waals surface area (Å²) in [5, 5.41) is 7.34. The second-order valence-electron chi connectivity index (χ2n) is 2.97. The van der Waals surface area contributed by atoms with Crippen molar-refractivity contribution in [1.82, 2.24) is 10.2 Å². The maximum absolute atomic E-state index is 11.4. The Hall–Kier alpha value is 0.0577. The van der Waals surface area contributed by atoms with E-state index in [1.165, 1.54) is 37.3 Å². The first-order valence-electron chi connectivity index (χ1n) is 4.64. The molecule has 0 saturated carbocycles. The molecule has 1 heterocycles. The van der Waals surface area contributed by atoms with Gasteiger partial charge in [-0.2, -0.15) is 11.8 Å². The van der Waals surface area contributed by atoms with Crippen molar-refractivity contribution in [2.75, 3.05) is 20.0 Å². The van der Waals surface area contributed by atoms with E-state index in [0.29, 0.717) is 10.1 Å². The van der Waals surface area contributed by atoms with Gasteiger partial charge in [-0.3, -0.25) is 19.8 Å². The van der Waals surface area contributed by atoms with Gasteiger partial charge in [0.25, 0.3) is 0 Å². The van der Waals surface area contributed by atoms with Gasteiger partial charge in [0.1, 0.15) is 0 Å². The smallest absolute Gasteiger partial charge is 0.310 e. The number of thioether (sulfide) groups is 1. The van der Waals surface area contributed by atoms with Crippen LogP contribution in [-0.4, -0.2) is 42.1 Å². The molecule has 0 aliphatic heterocycles. The van der Waals surface area contributed by atoms with Gasteiger partial charge in [0.15, 0.2) is 0 Å². The molecule has 1 unspecified atom stereocenters. The summed E-state index contributed by atoms with van der Waals surface area (Å²) in [5.74, 6) is -1.02. The Bertz CT molecular complexity index is 376. The normalized spacial score (nSPS) is 10.6. The van der Waals surface area contributed by atoms with E-state index in [1.54, 1.807) is 0 Å². The van der Waals surface area contributed by atoms with Crippen LogP contribution in [0.25, 0.3) is 0 Å². The number of aromatic nitrogens is 2. The fourth-order valence-corrected chi connectivity index (χ4v) is 2.52. The zero-order valence-corrected chi connectivity index (χ0v) is 15.0. The largest absolute Gasteiger partial charge is 0.469 e. The second kappa shape index (κ2) is 11.8. The molecule has 0 aliphatic rings. The number of methoxy groups -OCH3 is 2. The third-order valence-corrected chi connectivity index (χ3v) is 3.82. The van der Waals surface area contributed by atoms with Crippen molar-refractivity contribution in [2.24, 2.45) is 5.92 Å². The maximum atomic E-state index is 11.4. The van der Waals surface area contributed by atoms with Crippen LogP contribution in [-0.2, 0) is 19.1 Å². The first kappa shape index (κ1) is 21.4. The minimum absolute atomic E-state index is 0. The molecule has 0 N–H and O–H groups in total. The summed E-state index contributed by atoms with van der Waals surface area (Å²) >= 11 is 2.59. The van der Waals surface area contributed by atoms with Crippen molar-refractivity contribution >= 4 is 35.0 Å². The van der Waals surface area contributed by atoms with E-state index in [1.807, 2.05) is 0 Å². The number of carbonyl (C=O) groups is 2. The molecule has 0 bridgehead atoms. The standard InChI is InChI=1S/C9H11N2O4S2.CH3.Sm/c1-14-7(12)3-6(8(13)15-2)4-16-9-11-10-5-17-9;;/h6H,3-4H2,1-2H3;1H3;/q-1;+1;. The van der Waals surface area contributed by atoms with Crippen LogP contribution < -0.4 is 0 Å². The summed E-state index contributed by atoms with van der Waals surface area (Å²) in [6.45, 7) is 0. The average molecular weight is 441 g/mol. The van der Waals surface area contributed by atoms with E-state index >= 15 is 0 Å². The molecule has 1 rings (SSSR count). The Labute approximate surface area is 153 Å². The Balaban J connectivity index is 0. The van der Waals surface area contributed by atoms with E-state index in [4.69, 9.17) is 0 Å². The minimum Gasteiger partial charge on any atom is -0.469 e. The maximum Gasteiger partial charge on any atom is 0.310 e. The van der Waals surface area contributed by atoms with Crippen molar-refractivity contribution in [3.8, 4) is 0 Å². The third kappa shape index (κ3) is 8.04. The number of carbonyl (C=O) groups excluding carboxylic acids is 2. The number of hydrogen-bond donors (Lipinski definition) is 0. The zero-order chi connectivity index (χ0) is 12.7. The molecular weight excluding hydrogens is 427 g/mol. The van der Waals surface area contributed by atoms with Gasteiger partial charge in [0.2, 0.25) is 0 Å². The van der Waals surface area contributed by atoms with E-state index in [-0.39, 0.29) is 54.2 Å². The van der Waals surface area contributed by atoms with Gasteiger partial charge in [0.05, 0.1) is 26.6 Å². The molecule has 0 amide bonds. The SMILES string of the molecule is COC(=O)CC(CSc1nn[c-]s1)C(=O)OC.[CH3+].[Sm]. The summed E-state index contributed by atoms with van der Waals surface area (Å²) in [4.78, 5) is 22.6. The summed E-state index contributed by atoms with van der Waals surface area (Å²) < 4.78 is 9.85.